The first kappa shape index (κ1) is 40.7. The van der Waals surface area contributed by atoms with Crippen LogP contribution in [0.25, 0.3) is 5.82 Å². The number of aliphatic imine (C=N–C) groups is 2. The van der Waals surface area contributed by atoms with E-state index in [1.54, 1.807) is 30.9 Å². The van der Waals surface area contributed by atoms with Crippen LogP contribution in [-0.2, 0) is 24.0 Å². The van der Waals surface area contributed by atoms with Gasteiger partial charge in [0.15, 0.2) is 5.82 Å². The zero-order valence-electron chi connectivity index (χ0n) is 31.8. The summed E-state index contributed by atoms with van der Waals surface area (Å²) in [6, 6.07) is 1.81. The molecule has 1 aromatic rings. The Hall–Kier alpha value is -3.73. The molecule has 3 rings (SSSR count). The third kappa shape index (κ3) is 9.74. The van der Waals surface area contributed by atoms with Gasteiger partial charge in [-0.15, -0.1) is 0 Å². The number of nitrogens with zero attached hydrogens (tertiary/aromatic N) is 5. The number of allylic oxidation sites excluding steroid dienone is 2. The molecule has 11 heteroatoms. The lowest BCUT2D eigenvalue weighted by Gasteiger charge is -2.44. The first-order valence-electron chi connectivity index (χ1n) is 18.0. The summed E-state index contributed by atoms with van der Waals surface area (Å²) in [5.41, 5.74) is 0.583. The van der Waals surface area contributed by atoms with Gasteiger partial charge in [0.25, 0.3) is 0 Å². The maximum absolute atomic E-state index is 13.8. The van der Waals surface area contributed by atoms with Crippen molar-refractivity contribution in [1.29, 1.82) is 0 Å². The zero-order chi connectivity index (χ0) is 37.4. The minimum Gasteiger partial charge on any atom is -0.459 e. The molecule has 1 aliphatic heterocycles. The van der Waals surface area contributed by atoms with E-state index in [1.165, 1.54) is 6.92 Å². The predicted molar refractivity (Wildman–Crippen MR) is 198 cm³/mol. The summed E-state index contributed by atoms with van der Waals surface area (Å²) in [6.45, 7) is 22.7. The first-order chi connectivity index (χ1) is 23.5. The number of fused-ring (bicyclic) bond motifs is 5. The van der Waals surface area contributed by atoms with E-state index in [0.29, 0.717) is 44.3 Å². The summed E-state index contributed by atoms with van der Waals surface area (Å²) < 4.78 is 7.61. The third-order valence-corrected chi connectivity index (χ3v) is 11.4. The van der Waals surface area contributed by atoms with E-state index in [2.05, 4.69) is 47.7 Å². The molecule has 0 unspecified atom stereocenters. The van der Waals surface area contributed by atoms with Crippen LogP contribution in [0.4, 0.5) is 0 Å². The molecule has 0 aromatic carbocycles. The molecule has 1 aromatic heterocycles. The monoisotopic (exact) mass is 693 g/mol. The Kier molecular flexibility index (Phi) is 14.2. The van der Waals surface area contributed by atoms with Crippen molar-refractivity contribution in [2.45, 2.75) is 119 Å². The lowest BCUT2D eigenvalue weighted by molar-refractivity contribution is -0.178. The fraction of sp³-hybridized carbons (Fsp3) is 0.667. The minimum absolute atomic E-state index is 0.114. The fourth-order valence-electron chi connectivity index (χ4n) is 7.94. The van der Waals surface area contributed by atoms with Crippen LogP contribution in [-0.4, -0.2) is 69.0 Å². The van der Waals surface area contributed by atoms with Gasteiger partial charge in [0.05, 0.1) is 5.71 Å². The maximum Gasteiger partial charge on any atom is 0.316 e. The second kappa shape index (κ2) is 17.5. The highest BCUT2D eigenvalue weighted by Gasteiger charge is 2.49. The number of carbonyl (C=O) groups is 3. The largest absolute Gasteiger partial charge is 0.459 e. The SMILES string of the molecule is C=N/C(=C\C=C(/C)CO/N=C1\CC[C@@H]2[C@@H](C)C(=NC(C)=O)[C@H](C)C[C@@](C)(CC1)[C@H](C)[C@@H](C)C(=O)[C@@H](C)C(=O)O[C@H](CC)[C@@]2(C)O)n1cccn1. The van der Waals surface area contributed by atoms with E-state index in [4.69, 9.17) is 9.57 Å². The van der Waals surface area contributed by atoms with E-state index in [9.17, 15) is 19.5 Å². The van der Waals surface area contributed by atoms with E-state index in [0.717, 1.165) is 17.0 Å². The second-order valence-corrected chi connectivity index (χ2v) is 15.1. The molecule has 0 radical (unpaired) electrons. The summed E-state index contributed by atoms with van der Waals surface area (Å²) in [6.07, 6.45) is 9.60. The average molecular weight is 694 g/mol. The number of oxime groups is 1. The number of amides is 1. The zero-order valence-corrected chi connectivity index (χ0v) is 31.8. The van der Waals surface area contributed by atoms with E-state index < -0.39 is 40.8 Å². The van der Waals surface area contributed by atoms with Crippen LogP contribution in [0.2, 0.25) is 0 Å². The van der Waals surface area contributed by atoms with Gasteiger partial charge in [-0.3, -0.25) is 14.4 Å². The van der Waals surface area contributed by atoms with E-state index >= 15 is 0 Å². The molecule has 11 nitrogen and oxygen atoms in total. The van der Waals surface area contributed by atoms with Crippen molar-refractivity contribution in [2.75, 3.05) is 6.61 Å². The number of ketones is 1. The van der Waals surface area contributed by atoms with Gasteiger partial charge in [-0.05, 0) is 107 Å². The highest BCUT2D eigenvalue weighted by Crippen LogP contribution is 2.47. The Balaban J connectivity index is 2.12. The number of carbonyl (C=O) groups excluding carboxylic acids is 3. The number of Topliss-reactive ketones (excluding diaryl/α,β-unsaturated/α-hetero) is 1. The molecule has 1 saturated heterocycles. The smallest absolute Gasteiger partial charge is 0.316 e. The molecular weight excluding hydrogens is 634 g/mol. The van der Waals surface area contributed by atoms with Crippen molar-refractivity contribution in [2.24, 2.45) is 56.1 Å². The van der Waals surface area contributed by atoms with Crippen LogP contribution < -0.4 is 0 Å². The number of aromatic nitrogens is 2. The minimum atomic E-state index is -1.51. The molecule has 1 N–H and O–H groups in total. The average Bonchev–Trinajstić information content (AvgIpc) is 3.60. The molecule has 276 valence electrons. The Morgan fingerprint density at radius 1 is 1.14 bits per heavy atom. The molecule has 50 heavy (non-hydrogen) atoms. The summed E-state index contributed by atoms with van der Waals surface area (Å²) in [5, 5.41) is 21.2. The first-order valence-corrected chi connectivity index (χ1v) is 18.0. The highest BCUT2D eigenvalue weighted by atomic mass is 16.6. The predicted octanol–water partition coefficient (Wildman–Crippen LogP) is 7.11. The Bertz CT molecular complexity index is 1490. The molecule has 2 aliphatic rings. The lowest BCUT2D eigenvalue weighted by Crippen LogP contribution is -2.53. The van der Waals surface area contributed by atoms with Crippen molar-refractivity contribution < 1.29 is 29.1 Å². The number of rotatable bonds is 7. The van der Waals surface area contributed by atoms with Crippen molar-refractivity contribution in [3.8, 4) is 0 Å². The molecule has 2 fully saturated rings. The van der Waals surface area contributed by atoms with E-state index in [1.807, 2.05) is 45.9 Å². The highest BCUT2D eigenvalue weighted by molar-refractivity contribution is 6.00. The summed E-state index contributed by atoms with van der Waals surface area (Å²) in [5.74, 6) is -2.95. The normalized spacial score (nSPS) is 35.5. The van der Waals surface area contributed by atoms with Gasteiger partial charge >= 0.3 is 5.97 Å². The van der Waals surface area contributed by atoms with Crippen molar-refractivity contribution in [3.05, 3.63) is 36.2 Å². The van der Waals surface area contributed by atoms with Crippen LogP contribution in [0, 0.1) is 40.9 Å². The topological polar surface area (TPSA) is 145 Å². The van der Waals surface area contributed by atoms with Gasteiger partial charge in [-0.2, -0.15) is 5.10 Å². The molecule has 9 atom stereocenters. The summed E-state index contributed by atoms with van der Waals surface area (Å²) in [4.78, 5) is 54.4. The van der Waals surface area contributed by atoms with Crippen molar-refractivity contribution in [3.63, 3.8) is 0 Å². The fourth-order valence-corrected chi connectivity index (χ4v) is 7.94. The number of cyclic esters (lactones) is 1. The van der Waals surface area contributed by atoms with Crippen LogP contribution in [0.3, 0.4) is 0 Å². The Labute approximate surface area is 298 Å². The third-order valence-electron chi connectivity index (χ3n) is 11.4. The molecule has 0 spiro atoms. The van der Waals surface area contributed by atoms with Gasteiger partial charge < -0.3 is 14.7 Å². The number of hydrogen-bond acceptors (Lipinski definition) is 9. The quantitative estimate of drug-likeness (QED) is 0.105. The van der Waals surface area contributed by atoms with Gasteiger partial charge in [0.2, 0.25) is 5.91 Å². The molecular formula is C39H59N5O6. The number of esters is 1. The molecule has 2 bridgehead atoms. The molecule has 2 heterocycles. The molecule has 1 saturated carbocycles. The molecule has 1 aliphatic carbocycles. The number of aliphatic hydroxyl groups is 1. The van der Waals surface area contributed by atoms with E-state index in [-0.39, 0.29) is 36.1 Å². The summed E-state index contributed by atoms with van der Waals surface area (Å²) >= 11 is 0. The number of ether oxygens (including phenoxy) is 1. The van der Waals surface area contributed by atoms with Gasteiger partial charge in [0.1, 0.15) is 30.0 Å². The molecule has 1 amide bonds. The van der Waals surface area contributed by atoms with Crippen LogP contribution in [0.5, 0.6) is 0 Å². The Morgan fingerprint density at radius 3 is 2.44 bits per heavy atom. The van der Waals surface area contributed by atoms with Crippen LogP contribution in [0.1, 0.15) is 108 Å². The van der Waals surface area contributed by atoms with Crippen LogP contribution in [0.15, 0.2) is 51.3 Å². The van der Waals surface area contributed by atoms with Gasteiger partial charge in [-0.1, -0.05) is 52.8 Å². The van der Waals surface area contributed by atoms with Gasteiger partial charge in [-0.25, -0.2) is 14.7 Å². The summed E-state index contributed by atoms with van der Waals surface area (Å²) in [7, 11) is 0. The maximum atomic E-state index is 13.8. The van der Waals surface area contributed by atoms with Crippen LogP contribution >= 0.6 is 0 Å². The second-order valence-electron chi connectivity index (χ2n) is 15.1. The van der Waals surface area contributed by atoms with Crippen molar-refractivity contribution >= 4 is 41.6 Å². The number of hydrogen-bond donors (Lipinski definition) is 1. The Morgan fingerprint density at radius 2 is 1.84 bits per heavy atom. The lowest BCUT2D eigenvalue weighted by atomic mass is 9.62. The van der Waals surface area contributed by atoms with Crippen molar-refractivity contribution in [1.82, 2.24) is 9.78 Å². The standard InChI is InChI=1S/C39H59N5O6/c1-12-33-39(10,48)32-16-15-31(43-49-23-24(2)14-17-34(40-11)44-21-13-20-41-44)18-19-38(9,22-25(3)35(27(32)5)42-30(8)45)29(7)26(4)36(46)28(6)37(47)50-33/h13-14,17,20-21,25-29,32-33,48H,11-12,15-16,18-19,22-23H2,1-10H3/b24-14+,34-17+,42-35?,43-31+/t25-,26-,27-,28-,29-,32-,33-,38-,39+/m1/s1. The van der Waals surface area contributed by atoms with Gasteiger partial charge in [0, 0.05) is 36.9 Å².